The Balaban J connectivity index is 1.74. The summed E-state index contributed by atoms with van der Waals surface area (Å²) in [5.41, 5.74) is 0.409. The Hall–Kier alpha value is -2.49. The second-order valence-corrected chi connectivity index (χ2v) is 9.13. The van der Waals surface area contributed by atoms with E-state index in [1.165, 1.54) is 28.6 Å². The van der Waals surface area contributed by atoms with Gasteiger partial charge in [0.25, 0.3) is 5.69 Å². The molecule has 9 heteroatoms. The summed E-state index contributed by atoms with van der Waals surface area (Å²) < 4.78 is 27.1. The second-order valence-electron chi connectivity index (χ2n) is 7.22. The van der Waals surface area contributed by atoms with Crippen LogP contribution in [0.25, 0.3) is 0 Å². The summed E-state index contributed by atoms with van der Waals surface area (Å²) in [5, 5.41) is 21.2. The van der Waals surface area contributed by atoms with Crippen molar-refractivity contribution >= 4 is 21.4 Å². The van der Waals surface area contributed by atoms with Crippen LogP contribution in [0.4, 0.5) is 11.4 Å². The first-order valence-corrected chi connectivity index (χ1v) is 10.4. The van der Waals surface area contributed by atoms with E-state index in [-0.39, 0.29) is 18.0 Å². The van der Waals surface area contributed by atoms with E-state index in [0.717, 1.165) is 11.3 Å². The lowest BCUT2D eigenvalue weighted by Crippen LogP contribution is -2.48. The average molecular weight is 405 g/mol. The molecule has 2 aromatic carbocycles. The maximum Gasteiger partial charge on any atom is 0.289 e. The summed E-state index contributed by atoms with van der Waals surface area (Å²) in [6.07, 6.45) is 0. The summed E-state index contributed by atoms with van der Waals surface area (Å²) in [5.74, 6) is 0. The van der Waals surface area contributed by atoms with Crippen molar-refractivity contribution in [2.75, 3.05) is 31.1 Å². The van der Waals surface area contributed by atoms with Crippen LogP contribution in [0, 0.1) is 10.1 Å². The number of piperazine rings is 1. The van der Waals surface area contributed by atoms with Crippen LogP contribution in [0.3, 0.4) is 0 Å². The van der Waals surface area contributed by atoms with Crippen LogP contribution >= 0.6 is 0 Å². The van der Waals surface area contributed by atoms with Gasteiger partial charge >= 0.3 is 0 Å². The molecule has 0 aliphatic carbocycles. The lowest BCUT2D eigenvalue weighted by molar-refractivity contribution is -0.387. The molecule has 8 nitrogen and oxygen atoms in total. The van der Waals surface area contributed by atoms with Gasteiger partial charge in [-0.3, -0.25) is 10.1 Å². The molecule has 1 fully saturated rings. The van der Waals surface area contributed by atoms with E-state index in [1.807, 2.05) is 24.3 Å². The van der Waals surface area contributed by atoms with Crippen molar-refractivity contribution in [2.45, 2.75) is 24.3 Å². The highest BCUT2D eigenvalue weighted by molar-refractivity contribution is 7.89. The van der Waals surface area contributed by atoms with Gasteiger partial charge < -0.3 is 10.0 Å². The molecule has 1 heterocycles. The number of hydrogen-bond donors (Lipinski definition) is 1. The van der Waals surface area contributed by atoms with Crippen molar-refractivity contribution in [3.05, 3.63) is 64.2 Å². The fraction of sp³-hybridized carbons (Fsp3) is 0.368. The molecule has 0 unspecified atom stereocenters. The number of rotatable bonds is 5. The topological polar surface area (TPSA) is 104 Å². The van der Waals surface area contributed by atoms with E-state index in [9.17, 15) is 23.6 Å². The van der Waals surface area contributed by atoms with Gasteiger partial charge in [-0.25, -0.2) is 8.42 Å². The van der Waals surface area contributed by atoms with Gasteiger partial charge in [0.15, 0.2) is 4.90 Å². The Kier molecular flexibility index (Phi) is 5.42. The molecule has 0 bridgehead atoms. The molecule has 1 aliphatic heterocycles. The zero-order chi connectivity index (χ0) is 20.5. The zero-order valence-corrected chi connectivity index (χ0v) is 16.6. The highest BCUT2D eigenvalue weighted by Crippen LogP contribution is 2.28. The molecule has 0 saturated carbocycles. The van der Waals surface area contributed by atoms with Crippen molar-refractivity contribution < 1.29 is 18.4 Å². The number of sulfonamides is 1. The third-order valence-electron chi connectivity index (χ3n) is 4.86. The Bertz CT molecular complexity index is 960. The monoisotopic (exact) mass is 405 g/mol. The van der Waals surface area contributed by atoms with Crippen molar-refractivity contribution in [2.24, 2.45) is 0 Å². The number of nitrogens with zero attached hydrogens (tertiary/aromatic N) is 3. The molecule has 1 N–H and O–H groups in total. The predicted molar refractivity (Wildman–Crippen MR) is 106 cm³/mol. The molecule has 1 aliphatic rings. The number of para-hydroxylation sites is 1. The third-order valence-corrected chi connectivity index (χ3v) is 6.80. The number of hydrogen-bond acceptors (Lipinski definition) is 6. The number of anilines is 1. The minimum absolute atomic E-state index is 0.238. The molecule has 3 rings (SSSR count). The molecule has 2 aromatic rings. The van der Waals surface area contributed by atoms with Crippen molar-refractivity contribution in [3.8, 4) is 0 Å². The normalized spacial score (nSPS) is 16.2. The molecule has 28 heavy (non-hydrogen) atoms. The largest absolute Gasteiger partial charge is 0.386 e. The standard InChI is InChI=1S/C19H23N3O5S/c1-19(2,23)15-7-9-16(10-8-15)20-11-13-21(14-12-20)28(26,27)18-6-4-3-5-17(18)22(24)25/h3-10,23H,11-14H2,1-2H3. The Morgan fingerprint density at radius 1 is 1.00 bits per heavy atom. The molecular weight excluding hydrogens is 382 g/mol. The Morgan fingerprint density at radius 2 is 1.57 bits per heavy atom. The molecule has 0 atom stereocenters. The van der Waals surface area contributed by atoms with Gasteiger partial charge in [0.1, 0.15) is 0 Å². The van der Waals surface area contributed by atoms with Crippen LogP contribution in [-0.4, -0.2) is 48.9 Å². The smallest absolute Gasteiger partial charge is 0.289 e. The third kappa shape index (κ3) is 4.01. The van der Waals surface area contributed by atoms with E-state index < -0.39 is 26.2 Å². The van der Waals surface area contributed by atoms with E-state index in [0.29, 0.717) is 13.1 Å². The van der Waals surface area contributed by atoms with Crippen LogP contribution in [0.1, 0.15) is 19.4 Å². The molecule has 1 saturated heterocycles. The first-order chi connectivity index (χ1) is 13.1. The highest BCUT2D eigenvalue weighted by Gasteiger charge is 2.33. The average Bonchev–Trinajstić information content (AvgIpc) is 2.67. The van der Waals surface area contributed by atoms with Gasteiger partial charge in [0.2, 0.25) is 10.0 Å². The van der Waals surface area contributed by atoms with Gasteiger partial charge in [-0.2, -0.15) is 4.31 Å². The Labute approximate surface area is 164 Å². The van der Waals surface area contributed by atoms with E-state index in [4.69, 9.17) is 0 Å². The van der Waals surface area contributed by atoms with E-state index in [2.05, 4.69) is 4.90 Å². The summed E-state index contributed by atoms with van der Waals surface area (Å²) in [6, 6.07) is 12.9. The summed E-state index contributed by atoms with van der Waals surface area (Å²) in [6.45, 7) is 4.86. The zero-order valence-electron chi connectivity index (χ0n) is 15.8. The summed E-state index contributed by atoms with van der Waals surface area (Å²) in [7, 11) is -3.94. The predicted octanol–water partition coefficient (Wildman–Crippen LogP) is 2.33. The van der Waals surface area contributed by atoms with Crippen LogP contribution < -0.4 is 4.90 Å². The minimum Gasteiger partial charge on any atom is -0.386 e. The summed E-state index contributed by atoms with van der Waals surface area (Å²) in [4.78, 5) is 12.3. The SMILES string of the molecule is CC(C)(O)c1ccc(N2CCN(S(=O)(=O)c3ccccc3[N+](=O)[O-])CC2)cc1. The summed E-state index contributed by atoms with van der Waals surface area (Å²) >= 11 is 0. The lowest BCUT2D eigenvalue weighted by Gasteiger charge is -2.35. The molecule has 0 aromatic heterocycles. The van der Waals surface area contributed by atoms with Gasteiger partial charge in [-0.1, -0.05) is 24.3 Å². The van der Waals surface area contributed by atoms with Crippen molar-refractivity contribution in [1.29, 1.82) is 0 Å². The number of benzene rings is 2. The molecular formula is C19H23N3O5S. The quantitative estimate of drug-likeness (QED) is 0.605. The molecule has 150 valence electrons. The number of nitro benzene ring substituents is 1. The van der Waals surface area contributed by atoms with Crippen LogP contribution in [-0.2, 0) is 15.6 Å². The van der Waals surface area contributed by atoms with E-state index >= 15 is 0 Å². The van der Waals surface area contributed by atoms with Gasteiger partial charge in [0, 0.05) is 37.9 Å². The fourth-order valence-electron chi connectivity index (χ4n) is 3.23. The highest BCUT2D eigenvalue weighted by atomic mass is 32.2. The van der Waals surface area contributed by atoms with Crippen LogP contribution in [0.15, 0.2) is 53.4 Å². The van der Waals surface area contributed by atoms with Gasteiger partial charge in [-0.05, 0) is 37.6 Å². The maximum atomic E-state index is 12.9. The van der Waals surface area contributed by atoms with Crippen molar-refractivity contribution in [1.82, 2.24) is 4.31 Å². The fourth-order valence-corrected chi connectivity index (χ4v) is 4.81. The molecule has 0 spiro atoms. The number of nitro groups is 1. The van der Waals surface area contributed by atoms with Crippen LogP contribution in [0.2, 0.25) is 0 Å². The lowest BCUT2D eigenvalue weighted by atomic mass is 9.98. The van der Waals surface area contributed by atoms with Crippen molar-refractivity contribution in [3.63, 3.8) is 0 Å². The molecule has 0 amide bonds. The minimum atomic E-state index is -3.94. The van der Waals surface area contributed by atoms with Crippen LogP contribution in [0.5, 0.6) is 0 Å². The maximum absolute atomic E-state index is 12.9. The van der Waals surface area contributed by atoms with Gasteiger partial charge in [0.05, 0.1) is 10.5 Å². The van der Waals surface area contributed by atoms with Gasteiger partial charge in [-0.15, -0.1) is 0 Å². The van der Waals surface area contributed by atoms with E-state index in [1.54, 1.807) is 13.8 Å². The first-order valence-electron chi connectivity index (χ1n) is 8.92. The second kappa shape index (κ2) is 7.50. The first kappa shape index (κ1) is 20.2. The number of aliphatic hydroxyl groups is 1. The Morgan fingerprint density at radius 3 is 2.11 bits per heavy atom. The molecule has 0 radical (unpaired) electrons.